The fourth-order valence-electron chi connectivity index (χ4n) is 3.82. The van der Waals surface area contributed by atoms with E-state index in [9.17, 15) is 18.0 Å². The monoisotopic (exact) mass is 540 g/mol. The predicted molar refractivity (Wildman–Crippen MR) is 137 cm³/mol. The molecule has 1 saturated heterocycles. The van der Waals surface area contributed by atoms with Crippen LogP contribution in [0.1, 0.15) is 28.0 Å². The number of nitrogens with one attached hydrogen (secondary N) is 2. The average Bonchev–Trinajstić information content (AvgIpc) is 3.22. The molecular formula is C26H23F3N6O2S. The van der Waals surface area contributed by atoms with Crippen molar-refractivity contribution < 1.29 is 22.7 Å². The van der Waals surface area contributed by atoms with Crippen molar-refractivity contribution in [3.05, 3.63) is 77.5 Å². The third-order valence-corrected chi connectivity index (χ3v) is 6.62. The molecule has 5 rings (SSSR count). The van der Waals surface area contributed by atoms with Crippen LogP contribution in [0.2, 0.25) is 0 Å². The van der Waals surface area contributed by atoms with Gasteiger partial charge in [-0.2, -0.15) is 5.10 Å². The highest BCUT2D eigenvalue weighted by molar-refractivity contribution is 7.99. The smallest absolute Gasteiger partial charge is 0.405 e. The number of aryl methyl sites for hydroxylation is 1. The number of aromatic nitrogens is 4. The summed E-state index contributed by atoms with van der Waals surface area (Å²) in [5.74, 6) is 1.12. The summed E-state index contributed by atoms with van der Waals surface area (Å²) in [4.78, 5) is 25.1. The third kappa shape index (κ3) is 6.43. The molecule has 38 heavy (non-hydrogen) atoms. The Balaban J connectivity index is 1.29. The van der Waals surface area contributed by atoms with Crippen LogP contribution in [0, 0.1) is 6.92 Å². The van der Waals surface area contributed by atoms with Gasteiger partial charge in [0, 0.05) is 42.2 Å². The zero-order valence-corrected chi connectivity index (χ0v) is 21.1. The second kappa shape index (κ2) is 10.7. The van der Waals surface area contributed by atoms with E-state index in [2.05, 4.69) is 30.1 Å². The number of nitrogens with zero attached hydrogens (tertiary/aromatic N) is 4. The van der Waals surface area contributed by atoms with E-state index in [1.165, 1.54) is 30.0 Å². The van der Waals surface area contributed by atoms with E-state index in [0.717, 1.165) is 42.0 Å². The van der Waals surface area contributed by atoms with E-state index in [4.69, 9.17) is 4.98 Å². The lowest BCUT2D eigenvalue weighted by molar-refractivity contribution is -0.274. The standard InChI is InChI=1S/C26H23F3N6O2S/c1-16-13-23(34-33-16)30-22-15-24(35-11-4-12-35)32-25(31-22)38-18-9-7-17(8-10-18)14-20(36)19-5-2-3-6-21(19)37-26(27,28)29/h2-3,5-10,13,15H,4,11-12,14H2,1H3,(H2,30,31,32,33,34). The molecule has 0 saturated carbocycles. The van der Waals surface area contributed by atoms with Gasteiger partial charge in [-0.15, -0.1) is 13.2 Å². The topological polar surface area (TPSA) is 96.0 Å². The van der Waals surface area contributed by atoms with Crippen molar-refractivity contribution in [2.24, 2.45) is 0 Å². The van der Waals surface area contributed by atoms with Crippen LogP contribution < -0.4 is 15.0 Å². The maximum atomic E-state index is 12.7. The van der Waals surface area contributed by atoms with Gasteiger partial charge in [-0.25, -0.2) is 9.97 Å². The van der Waals surface area contributed by atoms with Crippen molar-refractivity contribution in [1.29, 1.82) is 0 Å². The number of Topliss-reactive ketones (excluding diaryl/α,β-unsaturated/α-hetero) is 1. The number of ether oxygens (including phenoxy) is 1. The second-order valence-corrected chi connectivity index (χ2v) is 9.73. The van der Waals surface area contributed by atoms with E-state index in [0.29, 0.717) is 22.4 Å². The van der Waals surface area contributed by atoms with E-state index in [-0.39, 0.29) is 12.0 Å². The van der Waals surface area contributed by atoms with Gasteiger partial charge in [0.25, 0.3) is 0 Å². The molecule has 0 unspecified atom stereocenters. The lowest BCUT2D eigenvalue weighted by Gasteiger charge is -2.32. The summed E-state index contributed by atoms with van der Waals surface area (Å²) in [7, 11) is 0. The van der Waals surface area contributed by atoms with Gasteiger partial charge in [-0.05, 0) is 54.9 Å². The summed E-state index contributed by atoms with van der Waals surface area (Å²) >= 11 is 1.37. The minimum Gasteiger partial charge on any atom is -0.405 e. The summed E-state index contributed by atoms with van der Waals surface area (Å²) in [5, 5.41) is 10.9. The molecule has 1 aliphatic rings. The molecule has 1 aliphatic heterocycles. The quantitative estimate of drug-likeness (QED) is 0.199. The number of hydrogen-bond donors (Lipinski definition) is 2. The average molecular weight is 541 g/mol. The second-order valence-electron chi connectivity index (χ2n) is 8.69. The lowest BCUT2D eigenvalue weighted by Crippen LogP contribution is -2.37. The zero-order chi connectivity index (χ0) is 26.7. The molecule has 12 heteroatoms. The van der Waals surface area contributed by atoms with Gasteiger partial charge in [-0.3, -0.25) is 9.89 Å². The first-order valence-corrected chi connectivity index (χ1v) is 12.6. The van der Waals surface area contributed by atoms with Crippen molar-refractivity contribution >= 4 is 35.0 Å². The first kappa shape index (κ1) is 25.6. The number of aromatic amines is 1. The molecule has 0 spiro atoms. The molecule has 0 atom stereocenters. The van der Waals surface area contributed by atoms with Crippen molar-refractivity contribution in [2.45, 2.75) is 36.2 Å². The number of halogens is 3. The fourth-order valence-corrected chi connectivity index (χ4v) is 4.58. The van der Waals surface area contributed by atoms with Crippen molar-refractivity contribution in [1.82, 2.24) is 20.2 Å². The van der Waals surface area contributed by atoms with Crippen molar-refractivity contribution in [3.63, 3.8) is 0 Å². The molecule has 3 heterocycles. The molecule has 0 amide bonds. The Morgan fingerprint density at radius 1 is 1.08 bits per heavy atom. The zero-order valence-electron chi connectivity index (χ0n) is 20.2. The minimum absolute atomic E-state index is 0.0682. The molecule has 2 aromatic heterocycles. The highest BCUT2D eigenvalue weighted by Crippen LogP contribution is 2.31. The Hall–Kier alpha value is -4.06. The Labute approximate surface area is 220 Å². The Bertz CT molecular complexity index is 1440. The molecule has 4 aromatic rings. The molecule has 1 fully saturated rings. The normalized spacial score (nSPS) is 13.2. The van der Waals surface area contributed by atoms with Gasteiger partial charge in [0.05, 0.1) is 5.56 Å². The van der Waals surface area contributed by atoms with Crippen LogP contribution in [0.3, 0.4) is 0 Å². The first-order chi connectivity index (χ1) is 18.2. The van der Waals surface area contributed by atoms with E-state index >= 15 is 0 Å². The molecule has 8 nitrogen and oxygen atoms in total. The van der Waals surface area contributed by atoms with Gasteiger partial charge in [0.1, 0.15) is 17.4 Å². The summed E-state index contributed by atoms with van der Waals surface area (Å²) in [5.41, 5.74) is 1.47. The summed E-state index contributed by atoms with van der Waals surface area (Å²) in [6, 6.07) is 16.3. The van der Waals surface area contributed by atoms with Crippen LogP contribution in [0.25, 0.3) is 0 Å². The molecule has 196 valence electrons. The summed E-state index contributed by atoms with van der Waals surface area (Å²) < 4.78 is 42.1. The number of anilines is 3. The molecule has 2 N–H and O–H groups in total. The van der Waals surface area contributed by atoms with Crippen LogP contribution in [0.5, 0.6) is 5.75 Å². The van der Waals surface area contributed by atoms with Gasteiger partial charge in [0.2, 0.25) is 0 Å². The van der Waals surface area contributed by atoms with Crippen molar-refractivity contribution in [3.8, 4) is 5.75 Å². The number of rotatable bonds is 9. The summed E-state index contributed by atoms with van der Waals surface area (Å²) in [6.45, 7) is 3.78. The molecule has 0 aliphatic carbocycles. The Kier molecular flexibility index (Phi) is 7.23. The largest absolute Gasteiger partial charge is 0.573 e. The SMILES string of the molecule is Cc1cc(Nc2cc(N3CCC3)nc(Sc3ccc(CC(=O)c4ccccc4OC(F)(F)F)cc3)n2)n[nH]1. The maximum absolute atomic E-state index is 12.7. The molecule has 0 bridgehead atoms. The number of ketones is 1. The minimum atomic E-state index is -4.88. The number of carbonyl (C=O) groups excluding carboxylic acids is 1. The lowest BCUT2D eigenvalue weighted by atomic mass is 10.0. The van der Waals surface area contributed by atoms with Crippen LogP contribution in [0.4, 0.5) is 30.6 Å². The van der Waals surface area contributed by atoms with Crippen LogP contribution in [0.15, 0.2) is 70.7 Å². The van der Waals surface area contributed by atoms with Crippen molar-refractivity contribution in [2.75, 3.05) is 23.3 Å². The highest BCUT2D eigenvalue weighted by atomic mass is 32.2. The Morgan fingerprint density at radius 2 is 1.84 bits per heavy atom. The number of alkyl halides is 3. The predicted octanol–water partition coefficient (Wildman–Crippen LogP) is 5.94. The van der Waals surface area contributed by atoms with E-state index in [1.807, 2.05) is 31.2 Å². The van der Waals surface area contributed by atoms with Gasteiger partial charge in [0.15, 0.2) is 16.8 Å². The number of para-hydroxylation sites is 1. The van der Waals surface area contributed by atoms with Crippen LogP contribution in [-0.2, 0) is 6.42 Å². The number of benzene rings is 2. The van der Waals surface area contributed by atoms with Gasteiger partial charge in [-0.1, -0.05) is 24.3 Å². The molecule has 0 radical (unpaired) electrons. The van der Waals surface area contributed by atoms with Gasteiger partial charge < -0.3 is 15.0 Å². The summed E-state index contributed by atoms with van der Waals surface area (Å²) in [6.07, 6.45) is -3.83. The molecular weight excluding hydrogens is 517 g/mol. The van der Waals surface area contributed by atoms with Crippen LogP contribution in [-0.4, -0.2) is 45.4 Å². The first-order valence-electron chi connectivity index (χ1n) is 11.8. The maximum Gasteiger partial charge on any atom is 0.573 e. The highest BCUT2D eigenvalue weighted by Gasteiger charge is 2.32. The number of H-pyrrole nitrogens is 1. The Morgan fingerprint density at radius 3 is 2.50 bits per heavy atom. The number of hydrogen-bond acceptors (Lipinski definition) is 8. The fraction of sp³-hybridized carbons (Fsp3) is 0.231. The van der Waals surface area contributed by atoms with E-state index in [1.54, 1.807) is 12.1 Å². The van der Waals surface area contributed by atoms with E-state index < -0.39 is 17.9 Å². The molecule has 2 aromatic carbocycles. The third-order valence-electron chi connectivity index (χ3n) is 5.74. The van der Waals surface area contributed by atoms with Crippen LogP contribution >= 0.6 is 11.8 Å². The number of carbonyl (C=O) groups is 1. The van der Waals surface area contributed by atoms with Gasteiger partial charge >= 0.3 is 6.36 Å².